The third-order valence-corrected chi connectivity index (χ3v) is 3.87. The van der Waals surface area contributed by atoms with Crippen LogP contribution in [0, 0.1) is 0 Å². The van der Waals surface area contributed by atoms with Gasteiger partial charge in [0.1, 0.15) is 0 Å². The van der Waals surface area contributed by atoms with Gasteiger partial charge in [0, 0.05) is 17.3 Å². The fraction of sp³-hybridized carbons (Fsp3) is 0.571. The predicted molar refractivity (Wildman–Crippen MR) is 80.5 cm³/mol. The third-order valence-electron chi connectivity index (χ3n) is 2.87. The Morgan fingerprint density at radius 3 is 2.70 bits per heavy atom. The van der Waals surface area contributed by atoms with E-state index in [4.69, 9.17) is 11.6 Å². The van der Waals surface area contributed by atoms with Crippen LogP contribution in [0.3, 0.4) is 0 Å². The van der Waals surface area contributed by atoms with Gasteiger partial charge in [-0.2, -0.15) is 13.2 Å². The molecular formula is C14H19ClF3NS. The summed E-state index contributed by atoms with van der Waals surface area (Å²) in [5.41, 5.74) is -3.17. The first-order valence-corrected chi connectivity index (χ1v) is 7.95. The first-order valence-electron chi connectivity index (χ1n) is 6.59. The summed E-state index contributed by atoms with van der Waals surface area (Å²) in [7, 11) is 0. The second-order valence-electron chi connectivity index (χ2n) is 4.54. The summed E-state index contributed by atoms with van der Waals surface area (Å²) in [6.45, 7) is 3.59. The summed E-state index contributed by atoms with van der Waals surface area (Å²) in [5.74, 6) is 0.115. The molecule has 0 aromatic heterocycles. The fourth-order valence-electron chi connectivity index (χ4n) is 1.92. The maximum atomic E-state index is 12.2. The van der Waals surface area contributed by atoms with Crippen LogP contribution in [0.5, 0.6) is 0 Å². The van der Waals surface area contributed by atoms with Crippen LogP contribution in [0.4, 0.5) is 13.2 Å². The lowest BCUT2D eigenvalue weighted by atomic mass is 9.96. The van der Waals surface area contributed by atoms with Crippen LogP contribution in [-0.4, -0.2) is 24.4 Å². The predicted octanol–water partition coefficient (Wildman–Crippen LogP) is 5.07. The van der Waals surface area contributed by atoms with Gasteiger partial charge < -0.3 is 5.32 Å². The number of nitrogens with one attached hydrogen (secondary N) is 1. The molecule has 1 unspecified atom stereocenters. The molecule has 6 heteroatoms. The van der Waals surface area contributed by atoms with Gasteiger partial charge in [-0.25, -0.2) is 0 Å². The Balaban J connectivity index is 2.60. The normalized spacial score (nSPS) is 13.4. The van der Waals surface area contributed by atoms with Gasteiger partial charge in [0.15, 0.2) is 0 Å². The van der Waals surface area contributed by atoms with Gasteiger partial charge in [0.05, 0.1) is 0 Å². The van der Waals surface area contributed by atoms with Crippen molar-refractivity contribution in [1.29, 1.82) is 0 Å². The number of alkyl halides is 3. The number of benzene rings is 1. The largest absolute Gasteiger partial charge is 0.441 e. The van der Waals surface area contributed by atoms with Gasteiger partial charge in [-0.15, -0.1) is 0 Å². The van der Waals surface area contributed by atoms with E-state index < -0.39 is 5.51 Å². The summed E-state index contributed by atoms with van der Waals surface area (Å²) in [6, 6.07) is 7.36. The van der Waals surface area contributed by atoms with Crippen molar-refractivity contribution >= 4 is 23.4 Å². The van der Waals surface area contributed by atoms with Crippen LogP contribution < -0.4 is 5.32 Å². The maximum Gasteiger partial charge on any atom is 0.441 e. The number of hydrogen-bond donors (Lipinski definition) is 1. The Morgan fingerprint density at radius 2 is 2.10 bits per heavy atom. The van der Waals surface area contributed by atoms with Crippen molar-refractivity contribution in [2.24, 2.45) is 0 Å². The average Bonchev–Trinajstić information content (AvgIpc) is 2.36. The van der Waals surface area contributed by atoms with Crippen molar-refractivity contribution in [1.82, 2.24) is 5.32 Å². The van der Waals surface area contributed by atoms with E-state index in [0.717, 1.165) is 18.5 Å². The molecule has 0 aliphatic carbocycles. The lowest BCUT2D eigenvalue weighted by molar-refractivity contribution is -0.0328. The molecule has 1 aromatic rings. The molecule has 1 nitrogen and oxygen atoms in total. The van der Waals surface area contributed by atoms with Gasteiger partial charge in [0.2, 0.25) is 0 Å². The number of thioether (sulfide) groups is 1. The highest BCUT2D eigenvalue weighted by Crippen LogP contribution is 2.33. The number of halogens is 4. The van der Waals surface area contributed by atoms with Crippen molar-refractivity contribution in [3.8, 4) is 0 Å². The molecule has 0 saturated heterocycles. The molecule has 0 heterocycles. The van der Waals surface area contributed by atoms with Crippen molar-refractivity contribution in [3.05, 3.63) is 34.9 Å². The zero-order valence-corrected chi connectivity index (χ0v) is 12.9. The molecule has 0 radical (unpaired) electrons. The first kappa shape index (κ1) is 17.7. The number of rotatable bonds is 8. The monoisotopic (exact) mass is 325 g/mol. The minimum atomic E-state index is -4.16. The molecule has 0 spiro atoms. The highest BCUT2D eigenvalue weighted by molar-refractivity contribution is 8.00. The molecule has 0 saturated carbocycles. The standard InChI is InChI=1S/C14H19ClF3NS/c1-2-7-19-10-12(6-8-20-14(16,17)18)11-4-3-5-13(15)9-11/h3-5,9,12,19H,2,6-8,10H2,1H3. The SMILES string of the molecule is CCCNCC(CCSC(F)(F)F)c1cccc(Cl)c1. The van der Waals surface area contributed by atoms with Gasteiger partial charge in [-0.05, 0) is 43.0 Å². The van der Waals surface area contributed by atoms with E-state index >= 15 is 0 Å². The minimum absolute atomic E-state index is 0.0392. The van der Waals surface area contributed by atoms with Crippen LogP contribution in [0.1, 0.15) is 31.2 Å². The van der Waals surface area contributed by atoms with Crippen molar-refractivity contribution in [2.75, 3.05) is 18.8 Å². The topological polar surface area (TPSA) is 12.0 Å². The Labute approximate surface area is 127 Å². The Hall–Kier alpha value is -0.390. The lowest BCUT2D eigenvalue weighted by Gasteiger charge is -2.18. The quantitative estimate of drug-likeness (QED) is 0.670. The summed E-state index contributed by atoms with van der Waals surface area (Å²) in [5, 5.41) is 3.88. The van der Waals surface area contributed by atoms with Crippen molar-refractivity contribution in [2.45, 2.75) is 31.2 Å². The van der Waals surface area contributed by atoms with E-state index in [1.165, 1.54) is 0 Å². The van der Waals surface area contributed by atoms with E-state index in [-0.39, 0.29) is 23.4 Å². The van der Waals surface area contributed by atoms with E-state index in [0.29, 0.717) is 18.0 Å². The Bertz CT molecular complexity index is 398. The van der Waals surface area contributed by atoms with Crippen LogP contribution in [0.2, 0.25) is 5.02 Å². The Morgan fingerprint density at radius 1 is 1.35 bits per heavy atom. The van der Waals surface area contributed by atoms with Crippen LogP contribution in [-0.2, 0) is 0 Å². The zero-order valence-electron chi connectivity index (χ0n) is 11.3. The molecule has 0 fully saturated rings. The number of hydrogen-bond acceptors (Lipinski definition) is 2. The summed E-state index contributed by atoms with van der Waals surface area (Å²) >= 11 is 5.99. The van der Waals surface area contributed by atoms with Gasteiger partial charge >= 0.3 is 5.51 Å². The molecule has 1 atom stereocenters. The molecule has 0 amide bonds. The lowest BCUT2D eigenvalue weighted by Crippen LogP contribution is -2.23. The van der Waals surface area contributed by atoms with E-state index in [1.54, 1.807) is 6.07 Å². The molecule has 1 N–H and O–H groups in total. The van der Waals surface area contributed by atoms with Crippen molar-refractivity contribution in [3.63, 3.8) is 0 Å². The van der Waals surface area contributed by atoms with Gasteiger partial charge in [-0.3, -0.25) is 0 Å². The smallest absolute Gasteiger partial charge is 0.316 e. The molecule has 20 heavy (non-hydrogen) atoms. The minimum Gasteiger partial charge on any atom is -0.316 e. The zero-order chi connectivity index (χ0) is 15.0. The van der Waals surface area contributed by atoms with E-state index in [1.807, 2.05) is 18.2 Å². The van der Waals surface area contributed by atoms with Gasteiger partial charge in [0.25, 0.3) is 0 Å². The van der Waals surface area contributed by atoms with E-state index in [2.05, 4.69) is 12.2 Å². The first-order chi connectivity index (χ1) is 9.42. The molecule has 1 aromatic carbocycles. The molecule has 1 rings (SSSR count). The second-order valence-corrected chi connectivity index (χ2v) is 6.14. The maximum absolute atomic E-state index is 12.2. The molecule has 0 bridgehead atoms. The summed E-state index contributed by atoms with van der Waals surface area (Å²) in [6.07, 6.45) is 1.47. The van der Waals surface area contributed by atoms with Crippen LogP contribution in [0.25, 0.3) is 0 Å². The van der Waals surface area contributed by atoms with E-state index in [9.17, 15) is 13.2 Å². The molecule has 114 valence electrons. The fourth-order valence-corrected chi connectivity index (χ4v) is 2.75. The average molecular weight is 326 g/mol. The molecule has 0 aliphatic heterocycles. The van der Waals surface area contributed by atoms with Crippen LogP contribution in [0.15, 0.2) is 24.3 Å². The summed E-state index contributed by atoms with van der Waals surface area (Å²) in [4.78, 5) is 0. The highest BCUT2D eigenvalue weighted by Gasteiger charge is 2.28. The highest BCUT2D eigenvalue weighted by atomic mass is 35.5. The van der Waals surface area contributed by atoms with Crippen molar-refractivity contribution < 1.29 is 13.2 Å². The Kier molecular flexibility index (Phi) is 7.77. The second kappa shape index (κ2) is 8.80. The van der Waals surface area contributed by atoms with Crippen LogP contribution >= 0.6 is 23.4 Å². The molecular weight excluding hydrogens is 307 g/mol. The third kappa shape index (κ3) is 7.41. The van der Waals surface area contributed by atoms with Gasteiger partial charge in [-0.1, -0.05) is 42.4 Å². The summed E-state index contributed by atoms with van der Waals surface area (Å²) < 4.78 is 36.6. The molecule has 0 aliphatic rings.